The molecule has 0 aliphatic heterocycles. The van der Waals surface area contributed by atoms with Gasteiger partial charge in [0.2, 0.25) is 0 Å². The molecule has 1 aliphatic rings. The fourth-order valence-corrected chi connectivity index (χ4v) is 2.75. The molecule has 94 valence electrons. The second-order valence-electron chi connectivity index (χ2n) is 5.02. The fraction of sp³-hybridized carbons (Fsp3) is 0.600. The van der Waals surface area contributed by atoms with Crippen molar-refractivity contribution in [3.05, 3.63) is 34.9 Å². The molecule has 1 aromatic carbocycles. The van der Waals surface area contributed by atoms with Crippen LogP contribution in [0.1, 0.15) is 36.5 Å². The topological polar surface area (TPSA) is 29.3 Å². The number of aryl methyl sites for hydroxylation is 2. The Bertz CT molecular complexity index is 354. The van der Waals surface area contributed by atoms with E-state index in [2.05, 4.69) is 30.0 Å². The molecule has 0 heterocycles. The number of hydrogen-bond donors (Lipinski definition) is 1. The third-order valence-corrected chi connectivity index (χ3v) is 3.55. The molecule has 0 atom stereocenters. The summed E-state index contributed by atoms with van der Waals surface area (Å²) in [6, 6.07) is 7.02. The zero-order valence-corrected chi connectivity index (χ0v) is 10.9. The second kappa shape index (κ2) is 6.18. The molecule has 0 amide bonds. The van der Waals surface area contributed by atoms with Gasteiger partial charge in [0, 0.05) is 19.6 Å². The number of fused-ring (bicyclic) bond motifs is 1. The number of nitrogens with two attached hydrogens (primary N) is 1. The maximum absolute atomic E-state index is 5.66. The molecule has 0 saturated heterocycles. The lowest BCUT2D eigenvalue weighted by atomic mass is 10.1. The molecule has 1 aliphatic carbocycles. The minimum Gasteiger partial charge on any atom is -0.329 e. The van der Waals surface area contributed by atoms with Crippen molar-refractivity contribution in [1.29, 1.82) is 0 Å². The van der Waals surface area contributed by atoms with E-state index in [0.29, 0.717) is 0 Å². The molecule has 0 saturated carbocycles. The van der Waals surface area contributed by atoms with E-state index >= 15 is 0 Å². The Kier molecular flexibility index (Phi) is 4.57. The van der Waals surface area contributed by atoms with Crippen molar-refractivity contribution < 1.29 is 0 Å². The van der Waals surface area contributed by atoms with E-state index in [0.717, 1.165) is 26.2 Å². The van der Waals surface area contributed by atoms with Crippen LogP contribution in [-0.4, -0.2) is 24.5 Å². The average molecular weight is 232 g/mol. The van der Waals surface area contributed by atoms with Crippen LogP contribution in [0.2, 0.25) is 0 Å². The number of benzene rings is 1. The minimum absolute atomic E-state index is 0.755. The molecule has 0 bridgehead atoms. The van der Waals surface area contributed by atoms with Crippen molar-refractivity contribution in [2.75, 3.05) is 19.6 Å². The summed E-state index contributed by atoms with van der Waals surface area (Å²) >= 11 is 0. The van der Waals surface area contributed by atoms with E-state index in [1.54, 1.807) is 11.1 Å². The van der Waals surface area contributed by atoms with Crippen molar-refractivity contribution in [2.24, 2.45) is 5.73 Å². The molecule has 0 radical (unpaired) electrons. The van der Waals surface area contributed by atoms with Gasteiger partial charge in [0.05, 0.1) is 0 Å². The maximum atomic E-state index is 5.66. The zero-order chi connectivity index (χ0) is 12.1. The third kappa shape index (κ3) is 3.30. The summed E-state index contributed by atoms with van der Waals surface area (Å²) in [5, 5.41) is 0. The van der Waals surface area contributed by atoms with Crippen LogP contribution in [0, 0.1) is 0 Å². The predicted octanol–water partition coefficient (Wildman–Crippen LogP) is 2.35. The monoisotopic (exact) mass is 232 g/mol. The van der Waals surface area contributed by atoms with Crippen LogP contribution in [0.4, 0.5) is 0 Å². The van der Waals surface area contributed by atoms with E-state index in [9.17, 15) is 0 Å². The first-order valence-corrected chi connectivity index (χ1v) is 6.86. The van der Waals surface area contributed by atoms with E-state index in [4.69, 9.17) is 5.73 Å². The van der Waals surface area contributed by atoms with Crippen LogP contribution in [0.15, 0.2) is 18.2 Å². The highest BCUT2D eigenvalue weighted by atomic mass is 15.1. The van der Waals surface area contributed by atoms with Crippen molar-refractivity contribution in [2.45, 2.75) is 39.2 Å². The fourth-order valence-electron chi connectivity index (χ4n) is 2.75. The van der Waals surface area contributed by atoms with E-state index in [1.165, 1.54) is 31.2 Å². The summed E-state index contributed by atoms with van der Waals surface area (Å²) < 4.78 is 0. The largest absolute Gasteiger partial charge is 0.329 e. The molecule has 0 spiro atoms. The van der Waals surface area contributed by atoms with Gasteiger partial charge >= 0.3 is 0 Å². The first-order chi connectivity index (χ1) is 8.33. The lowest BCUT2D eigenvalue weighted by Gasteiger charge is -2.21. The van der Waals surface area contributed by atoms with Gasteiger partial charge in [-0.1, -0.05) is 25.1 Å². The van der Waals surface area contributed by atoms with Crippen LogP contribution in [0.3, 0.4) is 0 Å². The Morgan fingerprint density at radius 1 is 1.18 bits per heavy atom. The average Bonchev–Trinajstić information content (AvgIpc) is 2.77. The van der Waals surface area contributed by atoms with E-state index < -0.39 is 0 Å². The van der Waals surface area contributed by atoms with Gasteiger partial charge in [-0.2, -0.15) is 0 Å². The molecule has 2 rings (SSSR count). The third-order valence-electron chi connectivity index (χ3n) is 3.55. The lowest BCUT2D eigenvalue weighted by molar-refractivity contribution is 0.273. The maximum Gasteiger partial charge on any atom is 0.0234 e. The highest BCUT2D eigenvalue weighted by Crippen LogP contribution is 2.23. The van der Waals surface area contributed by atoms with Crippen molar-refractivity contribution in [1.82, 2.24) is 4.90 Å². The number of nitrogens with zero attached hydrogens (tertiary/aromatic N) is 1. The molecule has 0 unspecified atom stereocenters. The van der Waals surface area contributed by atoms with Crippen molar-refractivity contribution >= 4 is 0 Å². The lowest BCUT2D eigenvalue weighted by Crippen LogP contribution is -2.29. The van der Waals surface area contributed by atoms with Gasteiger partial charge in [-0.05, 0) is 48.9 Å². The van der Waals surface area contributed by atoms with Gasteiger partial charge < -0.3 is 5.73 Å². The molecule has 2 nitrogen and oxygen atoms in total. The standard InChI is InChI=1S/C15H24N2/c1-2-9-17(10-8-16)12-13-6-7-14-4-3-5-15(14)11-13/h6-7,11H,2-5,8-10,12,16H2,1H3. The first kappa shape index (κ1) is 12.6. The molecule has 0 aromatic heterocycles. The van der Waals surface area contributed by atoms with Gasteiger partial charge in [0.25, 0.3) is 0 Å². The summed E-state index contributed by atoms with van der Waals surface area (Å²) in [7, 11) is 0. The smallest absolute Gasteiger partial charge is 0.0234 e. The SMILES string of the molecule is CCCN(CCN)Cc1ccc2c(c1)CCC2. The normalized spacial score (nSPS) is 14.3. The second-order valence-corrected chi connectivity index (χ2v) is 5.02. The highest BCUT2D eigenvalue weighted by molar-refractivity contribution is 5.35. The van der Waals surface area contributed by atoms with Gasteiger partial charge in [0.15, 0.2) is 0 Å². The molecule has 17 heavy (non-hydrogen) atoms. The first-order valence-electron chi connectivity index (χ1n) is 6.86. The molecule has 1 aromatic rings. The van der Waals surface area contributed by atoms with Crippen LogP contribution in [0.5, 0.6) is 0 Å². The van der Waals surface area contributed by atoms with Crippen molar-refractivity contribution in [3.63, 3.8) is 0 Å². The Hall–Kier alpha value is -0.860. The molecular weight excluding hydrogens is 208 g/mol. The van der Waals surface area contributed by atoms with E-state index in [-0.39, 0.29) is 0 Å². The Balaban J connectivity index is 2.01. The number of hydrogen-bond acceptors (Lipinski definition) is 2. The van der Waals surface area contributed by atoms with Crippen molar-refractivity contribution in [3.8, 4) is 0 Å². The summed E-state index contributed by atoms with van der Waals surface area (Å²) in [4.78, 5) is 2.46. The minimum atomic E-state index is 0.755. The van der Waals surface area contributed by atoms with Crippen LogP contribution in [0.25, 0.3) is 0 Å². The van der Waals surface area contributed by atoms with E-state index in [1.807, 2.05) is 0 Å². The predicted molar refractivity (Wildman–Crippen MR) is 73.1 cm³/mol. The molecule has 2 heteroatoms. The van der Waals surface area contributed by atoms with Crippen LogP contribution in [-0.2, 0) is 19.4 Å². The van der Waals surface area contributed by atoms with Gasteiger partial charge in [-0.15, -0.1) is 0 Å². The Morgan fingerprint density at radius 2 is 2.00 bits per heavy atom. The van der Waals surface area contributed by atoms with Crippen LogP contribution >= 0.6 is 0 Å². The number of rotatable bonds is 6. The zero-order valence-electron chi connectivity index (χ0n) is 10.9. The Morgan fingerprint density at radius 3 is 2.76 bits per heavy atom. The summed E-state index contributed by atoms with van der Waals surface area (Å²) in [6.45, 7) is 6.19. The van der Waals surface area contributed by atoms with Gasteiger partial charge in [0.1, 0.15) is 0 Å². The summed E-state index contributed by atoms with van der Waals surface area (Å²) in [5.41, 5.74) is 10.3. The molecule has 2 N–H and O–H groups in total. The summed E-state index contributed by atoms with van der Waals surface area (Å²) in [5.74, 6) is 0. The quantitative estimate of drug-likeness (QED) is 0.816. The van der Waals surface area contributed by atoms with Gasteiger partial charge in [-0.3, -0.25) is 4.90 Å². The molecule has 0 fully saturated rings. The highest BCUT2D eigenvalue weighted by Gasteiger charge is 2.11. The van der Waals surface area contributed by atoms with Crippen LogP contribution < -0.4 is 5.73 Å². The Labute approximate surface area is 105 Å². The summed E-state index contributed by atoms with van der Waals surface area (Å²) in [6.07, 6.45) is 5.08. The van der Waals surface area contributed by atoms with Gasteiger partial charge in [-0.25, -0.2) is 0 Å². The molecular formula is C15H24N2.